The summed E-state index contributed by atoms with van der Waals surface area (Å²) in [6, 6.07) is 0. The van der Waals surface area contributed by atoms with Gasteiger partial charge in [-0.15, -0.1) is 0 Å². The van der Waals surface area contributed by atoms with Gasteiger partial charge in [-0.3, -0.25) is 5.41 Å². The van der Waals surface area contributed by atoms with Crippen molar-refractivity contribution in [2.75, 3.05) is 6.61 Å². The smallest absolute Gasteiger partial charge is 0.392 e. The summed E-state index contributed by atoms with van der Waals surface area (Å²) in [7, 11) is 0. The molecule has 0 aromatic carbocycles. The van der Waals surface area contributed by atoms with E-state index < -0.39 is 19.2 Å². The van der Waals surface area contributed by atoms with Gasteiger partial charge in [0.2, 0.25) is 5.88 Å². The molecule has 1 heterocycles. The van der Waals surface area contributed by atoms with Crippen molar-refractivity contribution >= 4 is 5.84 Å². The van der Waals surface area contributed by atoms with Gasteiger partial charge in [-0.25, -0.2) is 9.97 Å². The predicted octanol–water partition coefficient (Wildman–Crippen LogP) is 1.09. The van der Waals surface area contributed by atoms with E-state index in [9.17, 15) is 13.2 Å². The molecule has 0 radical (unpaired) electrons. The van der Waals surface area contributed by atoms with E-state index in [1.807, 2.05) is 0 Å². The van der Waals surface area contributed by atoms with Crippen LogP contribution in [0.2, 0.25) is 0 Å². The maximum atomic E-state index is 11.8. The zero-order valence-corrected chi connectivity index (χ0v) is 8.08. The standard InChI is InChI=1S/C8H9F3N4O/c9-8(10,11)1-2-16-6-4-14-5(3-15-6)7(12)13/h3-4H,1-2H2,(H3,12,13). The fraction of sp³-hybridized carbons (Fsp3) is 0.375. The van der Waals surface area contributed by atoms with E-state index in [1.165, 1.54) is 0 Å². The van der Waals surface area contributed by atoms with Crippen molar-refractivity contribution in [1.82, 2.24) is 9.97 Å². The number of hydrogen-bond acceptors (Lipinski definition) is 4. The first-order valence-corrected chi connectivity index (χ1v) is 4.24. The molecule has 0 saturated carbocycles. The minimum Gasteiger partial charge on any atom is -0.476 e. The van der Waals surface area contributed by atoms with Gasteiger partial charge in [-0.2, -0.15) is 13.2 Å². The Bertz CT molecular complexity index is 363. The Morgan fingerprint density at radius 2 is 2.06 bits per heavy atom. The van der Waals surface area contributed by atoms with Gasteiger partial charge in [0, 0.05) is 0 Å². The maximum Gasteiger partial charge on any atom is 0.392 e. The topological polar surface area (TPSA) is 84.9 Å². The average Bonchev–Trinajstić information content (AvgIpc) is 2.16. The lowest BCUT2D eigenvalue weighted by molar-refractivity contribution is -0.139. The van der Waals surface area contributed by atoms with Gasteiger partial charge in [0.15, 0.2) is 0 Å². The lowest BCUT2D eigenvalue weighted by Gasteiger charge is -2.07. The molecular weight excluding hydrogens is 225 g/mol. The molecule has 0 saturated heterocycles. The molecule has 3 N–H and O–H groups in total. The van der Waals surface area contributed by atoms with Crippen LogP contribution in [0, 0.1) is 5.41 Å². The monoisotopic (exact) mass is 234 g/mol. The Kier molecular flexibility index (Phi) is 3.64. The predicted molar refractivity (Wildman–Crippen MR) is 49.2 cm³/mol. The number of nitrogens with zero attached hydrogens (tertiary/aromatic N) is 2. The van der Waals surface area contributed by atoms with Crippen LogP contribution < -0.4 is 10.5 Å². The number of nitrogens with one attached hydrogen (secondary N) is 1. The number of aromatic nitrogens is 2. The van der Waals surface area contributed by atoms with Crippen LogP contribution in [-0.2, 0) is 0 Å². The van der Waals surface area contributed by atoms with Crippen molar-refractivity contribution in [2.45, 2.75) is 12.6 Å². The Labute approximate surface area is 89.0 Å². The molecule has 0 aliphatic rings. The lowest BCUT2D eigenvalue weighted by Crippen LogP contribution is -2.15. The normalized spacial score (nSPS) is 11.2. The molecule has 1 aromatic heterocycles. The van der Waals surface area contributed by atoms with Gasteiger partial charge in [0.05, 0.1) is 25.4 Å². The number of nitrogen functional groups attached to an aromatic ring is 1. The van der Waals surface area contributed by atoms with Gasteiger partial charge in [-0.05, 0) is 0 Å². The summed E-state index contributed by atoms with van der Waals surface area (Å²) < 4.78 is 40.0. The Balaban J connectivity index is 2.47. The molecule has 0 bridgehead atoms. The van der Waals surface area contributed by atoms with Crippen molar-refractivity contribution in [3.05, 3.63) is 18.1 Å². The molecule has 1 aromatic rings. The minimum absolute atomic E-state index is 0.0331. The number of hydrogen-bond donors (Lipinski definition) is 2. The second-order valence-corrected chi connectivity index (χ2v) is 2.87. The first-order chi connectivity index (χ1) is 7.38. The van der Waals surface area contributed by atoms with Crippen molar-refractivity contribution < 1.29 is 17.9 Å². The minimum atomic E-state index is -4.26. The SMILES string of the molecule is N=C(N)c1cnc(OCCC(F)(F)F)cn1. The van der Waals surface area contributed by atoms with Gasteiger partial charge >= 0.3 is 6.18 Å². The Hall–Kier alpha value is -1.86. The highest BCUT2D eigenvalue weighted by molar-refractivity contribution is 5.92. The van der Waals surface area contributed by atoms with Crippen molar-refractivity contribution in [2.24, 2.45) is 5.73 Å². The Morgan fingerprint density at radius 3 is 2.50 bits per heavy atom. The maximum absolute atomic E-state index is 11.8. The van der Waals surface area contributed by atoms with E-state index in [0.717, 1.165) is 12.4 Å². The van der Waals surface area contributed by atoms with Crippen molar-refractivity contribution in [3.8, 4) is 5.88 Å². The van der Waals surface area contributed by atoms with Gasteiger partial charge in [-0.1, -0.05) is 0 Å². The summed E-state index contributed by atoms with van der Waals surface area (Å²) in [4.78, 5) is 7.32. The number of ether oxygens (including phenoxy) is 1. The van der Waals surface area contributed by atoms with E-state index in [0.29, 0.717) is 0 Å². The largest absolute Gasteiger partial charge is 0.476 e. The second-order valence-electron chi connectivity index (χ2n) is 2.87. The fourth-order valence-electron chi connectivity index (χ4n) is 0.801. The first-order valence-electron chi connectivity index (χ1n) is 4.24. The molecule has 0 aliphatic heterocycles. The highest BCUT2D eigenvalue weighted by Gasteiger charge is 2.26. The molecule has 0 unspecified atom stereocenters. The van der Waals surface area contributed by atoms with E-state index >= 15 is 0 Å². The lowest BCUT2D eigenvalue weighted by atomic mass is 10.4. The molecule has 5 nitrogen and oxygen atoms in total. The fourth-order valence-corrected chi connectivity index (χ4v) is 0.801. The highest BCUT2D eigenvalue weighted by Crippen LogP contribution is 2.19. The van der Waals surface area contributed by atoms with E-state index in [2.05, 4.69) is 9.97 Å². The van der Waals surface area contributed by atoms with Crippen molar-refractivity contribution in [1.29, 1.82) is 5.41 Å². The number of nitrogens with two attached hydrogens (primary N) is 1. The molecule has 0 fully saturated rings. The Morgan fingerprint density at radius 1 is 1.38 bits per heavy atom. The van der Waals surface area contributed by atoms with Crippen LogP contribution in [0.15, 0.2) is 12.4 Å². The van der Waals surface area contributed by atoms with Crippen LogP contribution in [-0.4, -0.2) is 28.6 Å². The summed E-state index contributed by atoms with van der Waals surface area (Å²) in [5, 5.41) is 7.01. The molecule has 8 heteroatoms. The van der Waals surface area contributed by atoms with Crippen LogP contribution in [0.5, 0.6) is 5.88 Å². The molecule has 0 amide bonds. The zero-order chi connectivity index (χ0) is 12.2. The zero-order valence-electron chi connectivity index (χ0n) is 8.08. The quantitative estimate of drug-likeness (QED) is 0.603. The molecule has 88 valence electrons. The van der Waals surface area contributed by atoms with E-state index in [1.54, 1.807) is 0 Å². The average molecular weight is 234 g/mol. The van der Waals surface area contributed by atoms with Crippen LogP contribution in [0.4, 0.5) is 13.2 Å². The second kappa shape index (κ2) is 4.77. The number of halogens is 3. The molecule has 0 spiro atoms. The number of amidine groups is 1. The van der Waals surface area contributed by atoms with E-state index in [4.69, 9.17) is 15.9 Å². The van der Waals surface area contributed by atoms with Crippen LogP contribution in [0.3, 0.4) is 0 Å². The molecule has 16 heavy (non-hydrogen) atoms. The van der Waals surface area contributed by atoms with Gasteiger partial charge in [0.1, 0.15) is 11.5 Å². The number of rotatable bonds is 4. The molecule has 1 rings (SSSR count). The molecule has 0 atom stereocenters. The number of alkyl halides is 3. The third-order valence-corrected chi connectivity index (χ3v) is 1.54. The summed E-state index contributed by atoms with van der Waals surface area (Å²) in [5.74, 6) is -0.302. The summed E-state index contributed by atoms with van der Waals surface area (Å²) in [5.41, 5.74) is 5.25. The van der Waals surface area contributed by atoms with Crippen molar-refractivity contribution in [3.63, 3.8) is 0 Å². The van der Waals surface area contributed by atoms with E-state index in [-0.39, 0.29) is 17.4 Å². The first kappa shape index (κ1) is 12.2. The van der Waals surface area contributed by atoms with Crippen LogP contribution in [0.1, 0.15) is 12.1 Å². The van der Waals surface area contributed by atoms with Gasteiger partial charge < -0.3 is 10.5 Å². The summed E-state index contributed by atoms with van der Waals surface area (Å²) in [6.45, 7) is -0.516. The van der Waals surface area contributed by atoms with Gasteiger partial charge in [0.25, 0.3) is 0 Å². The summed E-state index contributed by atoms with van der Waals surface area (Å²) in [6.07, 6.45) is -3.03. The highest BCUT2D eigenvalue weighted by atomic mass is 19.4. The molecule has 0 aliphatic carbocycles. The molecular formula is C8H9F3N4O. The summed E-state index contributed by atoms with van der Waals surface area (Å²) >= 11 is 0. The van der Waals surface area contributed by atoms with Crippen LogP contribution >= 0.6 is 0 Å². The third kappa shape index (κ3) is 4.11. The van der Waals surface area contributed by atoms with Crippen LogP contribution in [0.25, 0.3) is 0 Å². The third-order valence-electron chi connectivity index (χ3n) is 1.54.